The predicted molar refractivity (Wildman–Crippen MR) is 148 cm³/mol. The second-order valence-electron chi connectivity index (χ2n) is 8.37. The zero-order valence-electron chi connectivity index (χ0n) is 20.0. The molecule has 4 aromatic rings. The Hall–Kier alpha value is -3.61. The molecule has 0 radical (unpaired) electrons. The van der Waals surface area contributed by atoms with Gasteiger partial charge in [0.25, 0.3) is 15.9 Å². The van der Waals surface area contributed by atoms with Crippen LogP contribution in [-0.4, -0.2) is 57.5 Å². The number of nitrogens with two attached hydrogens (primary N) is 1. The number of benzene rings is 2. The van der Waals surface area contributed by atoms with Crippen LogP contribution >= 0.6 is 22.7 Å². The summed E-state index contributed by atoms with van der Waals surface area (Å²) in [6, 6.07) is 15.6. The molecule has 0 spiro atoms. The number of nitrogen functional groups attached to an aromatic ring is 1. The summed E-state index contributed by atoms with van der Waals surface area (Å²) in [4.78, 5) is 22.1. The van der Waals surface area contributed by atoms with Gasteiger partial charge >= 0.3 is 0 Å². The van der Waals surface area contributed by atoms with Crippen LogP contribution in [0.3, 0.4) is 0 Å². The second-order valence-corrected chi connectivity index (χ2v) is 12.1. The van der Waals surface area contributed by atoms with Gasteiger partial charge < -0.3 is 20.3 Å². The van der Waals surface area contributed by atoms with E-state index in [0.29, 0.717) is 37.6 Å². The van der Waals surface area contributed by atoms with Crippen molar-refractivity contribution in [2.24, 2.45) is 0 Å². The first-order chi connectivity index (χ1) is 17.8. The Labute approximate surface area is 223 Å². The Morgan fingerprint density at radius 3 is 2.49 bits per heavy atom. The molecule has 2 aromatic carbocycles. The highest BCUT2D eigenvalue weighted by molar-refractivity contribution is 7.94. The number of sulfonamides is 1. The normalized spacial score (nSPS) is 14.0. The molecule has 1 fully saturated rings. The monoisotopic (exact) mass is 555 g/mol. The number of aromatic nitrogens is 1. The van der Waals surface area contributed by atoms with Crippen LogP contribution in [-0.2, 0) is 10.0 Å². The number of methoxy groups -OCH3 is 1. The molecule has 0 aliphatic carbocycles. The molecule has 1 aliphatic heterocycles. The minimum Gasteiger partial charge on any atom is -0.497 e. The van der Waals surface area contributed by atoms with Gasteiger partial charge in [-0.2, -0.15) is 0 Å². The molecule has 2 aromatic heterocycles. The van der Waals surface area contributed by atoms with E-state index in [1.165, 1.54) is 19.2 Å². The molecular formula is C25H25N5O4S3. The summed E-state index contributed by atoms with van der Waals surface area (Å²) in [5, 5.41) is 4.60. The van der Waals surface area contributed by atoms with E-state index in [9.17, 15) is 13.2 Å². The summed E-state index contributed by atoms with van der Waals surface area (Å²) in [7, 11) is -2.34. The van der Waals surface area contributed by atoms with Crippen molar-refractivity contribution in [2.45, 2.75) is 4.21 Å². The fourth-order valence-electron chi connectivity index (χ4n) is 4.00. The first-order valence-corrected chi connectivity index (χ1v) is 14.7. The van der Waals surface area contributed by atoms with Gasteiger partial charge in [-0.05, 0) is 35.7 Å². The zero-order chi connectivity index (χ0) is 26.0. The summed E-state index contributed by atoms with van der Waals surface area (Å²) in [6.45, 7) is 2.21. The van der Waals surface area contributed by atoms with E-state index in [1.807, 2.05) is 29.6 Å². The standard InChI is InChI=1S/C25H25N5O4S3/c1-34-19-8-9-20(21(15-19)28-37(32,33)23-3-2-14-35-23)24(31)29-10-12-30(13-11-29)25-27-22(16-36-25)17-4-6-18(26)7-5-17/h2-9,14-16,28H,10-13,26H2,1H3. The maximum absolute atomic E-state index is 13.5. The maximum Gasteiger partial charge on any atom is 0.271 e. The van der Waals surface area contributed by atoms with Gasteiger partial charge in [0.05, 0.1) is 24.1 Å². The average molecular weight is 556 g/mol. The lowest BCUT2D eigenvalue weighted by Gasteiger charge is -2.35. The van der Waals surface area contributed by atoms with Gasteiger partial charge in [0.2, 0.25) is 0 Å². The lowest BCUT2D eigenvalue weighted by molar-refractivity contribution is 0.0748. The second kappa shape index (κ2) is 10.4. The zero-order valence-corrected chi connectivity index (χ0v) is 22.4. The summed E-state index contributed by atoms with van der Waals surface area (Å²) < 4.78 is 33.7. The molecule has 3 heterocycles. The van der Waals surface area contributed by atoms with Gasteiger partial charge in [0, 0.05) is 48.9 Å². The van der Waals surface area contributed by atoms with Crippen LogP contribution < -0.4 is 20.1 Å². The van der Waals surface area contributed by atoms with Gasteiger partial charge in [0.15, 0.2) is 5.13 Å². The molecule has 37 heavy (non-hydrogen) atoms. The number of carbonyl (C=O) groups excluding carboxylic acids is 1. The molecule has 0 atom stereocenters. The van der Waals surface area contributed by atoms with E-state index < -0.39 is 10.0 Å². The fraction of sp³-hybridized carbons (Fsp3) is 0.200. The van der Waals surface area contributed by atoms with Crippen molar-refractivity contribution in [3.05, 3.63) is 70.9 Å². The molecule has 1 aliphatic rings. The van der Waals surface area contributed by atoms with Gasteiger partial charge in [-0.25, -0.2) is 13.4 Å². The highest BCUT2D eigenvalue weighted by atomic mass is 32.2. The molecule has 1 amide bonds. The number of nitrogens with zero attached hydrogens (tertiary/aromatic N) is 3. The Kier molecular flexibility index (Phi) is 7.04. The average Bonchev–Trinajstić information content (AvgIpc) is 3.62. The van der Waals surface area contributed by atoms with E-state index in [-0.39, 0.29) is 21.4 Å². The highest BCUT2D eigenvalue weighted by Crippen LogP contribution is 2.30. The van der Waals surface area contributed by atoms with Crippen molar-refractivity contribution in [1.82, 2.24) is 9.88 Å². The number of amides is 1. The van der Waals surface area contributed by atoms with Crippen LogP contribution in [0.2, 0.25) is 0 Å². The van der Waals surface area contributed by atoms with E-state index in [0.717, 1.165) is 27.7 Å². The summed E-state index contributed by atoms with van der Waals surface area (Å²) >= 11 is 2.67. The molecule has 0 unspecified atom stereocenters. The molecule has 1 saturated heterocycles. The smallest absolute Gasteiger partial charge is 0.271 e. The van der Waals surface area contributed by atoms with Crippen LogP contribution in [0.15, 0.2) is 69.6 Å². The van der Waals surface area contributed by atoms with Crippen LogP contribution in [0.5, 0.6) is 5.75 Å². The van der Waals surface area contributed by atoms with Crippen molar-refractivity contribution in [1.29, 1.82) is 0 Å². The molecular weight excluding hydrogens is 531 g/mol. The number of hydrogen-bond acceptors (Lipinski definition) is 9. The third-order valence-corrected chi connectivity index (χ3v) is 9.66. The topological polar surface area (TPSA) is 118 Å². The summed E-state index contributed by atoms with van der Waals surface area (Å²) in [5.74, 6) is 0.207. The third kappa shape index (κ3) is 5.41. The lowest BCUT2D eigenvalue weighted by atomic mass is 10.1. The number of ether oxygens (including phenoxy) is 1. The highest BCUT2D eigenvalue weighted by Gasteiger charge is 2.27. The lowest BCUT2D eigenvalue weighted by Crippen LogP contribution is -2.49. The van der Waals surface area contributed by atoms with Crippen molar-refractivity contribution in [3.8, 4) is 17.0 Å². The van der Waals surface area contributed by atoms with E-state index >= 15 is 0 Å². The van der Waals surface area contributed by atoms with Gasteiger partial charge in [-0.1, -0.05) is 18.2 Å². The van der Waals surface area contributed by atoms with Gasteiger partial charge in [0.1, 0.15) is 9.96 Å². The Bertz CT molecular complexity index is 1490. The molecule has 192 valence electrons. The Morgan fingerprint density at radius 1 is 1.05 bits per heavy atom. The molecule has 5 rings (SSSR count). The van der Waals surface area contributed by atoms with Crippen molar-refractivity contribution in [2.75, 3.05) is 48.6 Å². The Balaban J connectivity index is 1.30. The number of anilines is 3. The first-order valence-electron chi connectivity index (χ1n) is 11.4. The van der Waals surface area contributed by atoms with E-state index in [2.05, 4.69) is 9.62 Å². The van der Waals surface area contributed by atoms with Crippen LogP contribution in [0.25, 0.3) is 11.3 Å². The quantitative estimate of drug-likeness (QED) is 0.328. The maximum atomic E-state index is 13.5. The molecule has 3 N–H and O–H groups in total. The number of rotatable bonds is 7. The SMILES string of the molecule is COc1ccc(C(=O)N2CCN(c3nc(-c4ccc(N)cc4)cs3)CC2)c(NS(=O)(=O)c2cccs2)c1. The molecule has 12 heteroatoms. The first kappa shape index (κ1) is 25.1. The number of nitrogens with one attached hydrogen (secondary N) is 1. The molecule has 0 saturated carbocycles. The largest absolute Gasteiger partial charge is 0.497 e. The van der Waals surface area contributed by atoms with Crippen molar-refractivity contribution >= 4 is 55.1 Å². The minimum absolute atomic E-state index is 0.170. The number of thiophene rings is 1. The number of thiazole rings is 1. The van der Waals surface area contributed by atoms with E-state index in [1.54, 1.807) is 39.8 Å². The summed E-state index contributed by atoms with van der Waals surface area (Å²) in [5.41, 5.74) is 8.84. The number of carbonyl (C=O) groups is 1. The van der Waals surface area contributed by atoms with Crippen molar-refractivity contribution in [3.63, 3.8) is 0 Å². The Morgan fingerprint density at radius 2 is 1.81 bits per heavy atom. The predicted octanol–water partition coefficient (Wildman–Crippen LogP) is 4.23. The van der Waals surface area contributed by atoms with Crippen molar-refractivity contribution < 1.29 is 17.9 Å². The number of piperazine rings is 1. The number of hydrogen-bond donors (Lipinski definition) is 2. The molecule has 9 nitrogen and oxygen atoms in total. The van der Waals surface area contributed by atoms with Crippen LogP contribution in [0, 0.1) is 0 Å². The van der Waals surface area contributed by atoms with Gasteiger partial charge in [-0.3, -0.25) is 9.52 Å². The van der Waals surface area contributed by atoms with E-state index in [4.69, 9.17) is 15.5 Å². The minimum atomic E-state index is -3.83. The van der Waals surface area contributed by atoms with Gasteiger partial charge in [-0.15, -0.1) is 22.7 Å². The van der Waals surface area contributed by atoms with Crippen LogP contribution in [0.1, 0.15) is 10.4 Å². The fourth-order valence-corrected chi connectivity index (χ4v) is 6.95. The third-order valence-electron chi connectivity index (χ3n) is 6.00. The summed E-state index contributed by atoms with van der Waals surface area (Å²) in [6.07, 6.45) is 0. The van der Waals surface area contributed by atoms with Crippen LogP contribution in [0.4, 0.5) is 16.5 Å². The molecule has 0 bridgehead atoms.